The molecule has 6 atom stereocenters. The summed E-state index contributed by atoms with van der Waals surface area (Å²) in [4.78, 5) is 96.1. The van der Waals surface area contributed by atoms with Crippen LogP contribution in [-0.2, 0) is 33.6 Å². The monoisotopic (exact) mass is 698 g/mol. The van der Waals surface area contributed by atoms with Gasteiger partial charge >= 0.3 is 5.97 Å². The van der Waals surface area contributed by atoms with Gasteiger partial charge in [-0.2, -0.15) is 0 Å². The van der Waals surface area contributed by atoms with Gasteiger partial charge in [0.05, 0.1) is 19.8 Å². The van der Waals surface area contributed by atoms with Crippen molar-refractivity contribution in [2.75, 3.05) is 39.4 Å². The van der Waals surface area contributed by atoms with Gasteiger partial charge in [-0.1, -0.05) is 13.8 Å². The highest BCUT2D eigenvalue weighted by Crippen LogP contribution is 2.22. The van der Waals surface area contributed by atoms with Crippen molar-refractivity contribution < 1.29 is 48.9 Å². The Balaban J connectivity index is 2.17. The first kappa shape index (κ1) is 40.6. The maximum atomic E-state index is 13.9. The number of aliphatic carboxylic acids is 1. The molecule has 13 N–H and O–H groups in total. The number of guanidine groups is 1. The van der Waals surface area contributed by atoms with E-state index in [4.69, 9.17) is 22.3 Å². The van der Waals surface area contributed by atoms with E-state index in [9.17, 15) is 43.8 Å². The quantitative estimate of drug-likeness (QED) is 0.0364. The molecule has 49 heavy (non-hydrogen) atoms. The van der Waals surface area contributed by atoms with Crippen LogP contribution in [0.4, 0.5) is 0 Å². The molecule has 20 nitrogen and oxygen atoms in total. The summed E-state index contributed by atoms with van der Waals surface area (Å²) in [6, 6.07) is -7.08. The molecule has 0 bridgehead atoms. The molecule has 0 radical (unpaired) electrons. The number of likely N-dealkylation sites (tertiary alicyclic amines) is 2. The van der Waals surface area contributed by atoms with Crippen molar-refractivity contribution in [2.24, 2.45) is 28.1 Å². The number of nitrogens with zero attached hydrogens (tertiary/aromatic N) is 3. The second kappa shape index (κ2) is 19.4. The molecule has 2 fully saturated rings. The number of carboxylic acids is 1. The van der Waals surface area contributed by atoms with E-state index in [1.165, 1.54) is 9.80 Å². The molecule has 0 spiro atoms. The molecule has 2 rings (SSSR count). The number of carboxylic acid groups (broad SMARTS) is 1. The van der Waals surface area contributed by atoms with E-state index >= 15 is 0 Å². The second-order valence-corrected chi connectivity index (χ2v) is 12.3. The van der Waals surface area contributed by atoms with Crippen LogP contribution in [-0.4, -0.2) is 148 Å². The molecule has 2 saturated heterocycles. The maximum absolute atomic E-state index is 13.9. The van der Waals surface area contributed by atoms with Gasteiger partial charge in [-0.3, -0.25) is 33.8 Å². The predicted octanol–water partition coefficient (Wildman–Crippen LogP) is -5.35. The van der Waals surface area contributed by atoms with E-state index in [1.54, 1.807) is 13.8 Å². The Bertz CT molecular complexity index is 1240. The minimum atomic E-state index is -1.43. The van der Waals surface area contributed by atoms with Gasteiger partial charge in [0.2, 0.25) is 35.4 Å². The summed E-state index contributed by atoms with van der Waals surface area (Å²) < 4.78 is 0. The van der Waals surface area contributed by atoms with Gasteiger partial charge in [0, 0.05) is 19.6 Å². The minimum absolute atomic E-state index is 0.0649. The van der Waals surface area contributed by atoms with Gasteiger partial charge in [0.15, 0.2) is 5.96 Å². The molecule has 6 amide bonds. The summed E-state index contributed by atoms with van der Waals surface area (Å²) in [5.74, 6) is -6.01. The van der Waals surface area contributed by atoms with Crippen LogP contribution in [0.25, 0.3) is 0 Å². The Labute approximate surface area is 283 Å². The smallest absolute Gasteiger partial charge is 0.326 e. The summed E-state index contributed by atoms with van der Waals surface area (Å²) in [6.45, 7) is 1.69. The molecule has 0 aliphatic carbocycles. The van der Waals surface area contributed by atoms with Crippen molar-refractivity contribution >= 4 is 47.4 Å². The second-order valence-electron chi connectivity index (χ2n) is 12.3. The van der Waals surface area contributed by atoms with Crippen LogP contribution in [0.15, 0.2) is 4.99 Å². The van der Waals surface area contributed by atoms with Gasteiger partial charge in [-0.25, -0.2) is 4.79 Å². The van der Waals surface area contributed by atoms with E-state index in [2.05, 4.69) is 26.3 Å². The Morgan fingerprint density at radius 2 is 1.41 bits per heavy atom. The summed E-state index contributed by atoms with van der Waals surface area (Å²) >= 11 is 0. The lowest BCUT2D eigenvalue weighted by Gasteiger charge is -2.31. The van der Waals surface area contributed by atoms with Gasteiger partial charge in [-0.15, -0.1) is 0 Å². The Hall–Kier alpha value is -4.56. The van der Waals surface area contributed by atoms with Crippen molar-refractivity contribution in [2.45, 2.75) is 88.6 Å². The van der Waals surface area contributed by atoms with Crippen LogP contribution in [0.5, 0.6) is 0 Å². The molecular weight excluding hydrogens is 648 g/mol. The lowest BCUT2D eigenvalue weighted by molar-refractivity contribution is -0.145. The SMILES string of the molecule is CC(C)[C@H](NC(=O)CNC(=O)[C@@H]1CCCN1C(=O)[C@H](CCCN=C(N)N)NC(=O)[C@@H]1CCCN1C(=O)[C@H](CO)NC(=O)[C@@H](N)CO)C(=O)O. The first-order valence-electron chi connectivity index (χ1n) is 16.2. The number of nitrogens with two attached hydrogens (primary N) is 3. The lowest BCUT2D eigenvalue weighted by Crippen LogP contribution is -2.59. The number of aliphatic hydroxyl groups is 2. The highest BCUT2D eigenvalue weighted by Gasteiger charge is 2.41. The number of nitrogens with one attached hydrogen (secondary N) is 4. The van der Waals surface area contributed by atoms with E-state index in [0.29, 0.717) is 12.8 Å². The molecule has 0 aromatic carbocycles. The van der Waals surface area contributed by atoms with Crippen LogP contribution in [0.1, 0.15) is 52.4 Å². The predicted molar refractivity (Wildman–Crippen MR) is 173 cm³/mol. The number of hydrogen-bond donors (Lipinski definition) is 10. The molecule has 0 aromatic heterocycles. The zero-order chi connectivity index (χ0) is 36.8. The van der Waals surface area contributed by atoms with Crippen molar-refractivity contribution in [3.05, 3.63) is 0 Å². The number of rotatable bonds is 18. The molecule has 0 saturated carbocycles. The highest BCUT2D eigenvalue weighted by atomic mass is 16.4. The van der Waals surface area contributed by atoms with Crippen molar-refractivity contribution in [3.8, 4) is 0 Å². The fourth-order valence-corrected chi connectivity index (χ4v) is 5.61. The molecule has 20 heteroatoms. The molecule has 0 aromatic rings. The molecule has 2 aliphatic heterocycles. The zero-order valence-electron chi connectivity index (χ0n) is 27.8. The summed E-state index contributed by atoms with van der Waals surface area (Å²) in [6.07, 6.45) is 1.70. The van der Waals surface area contributed by atoms with Gasteiger partial charge < -0.3 is 63.6 Å². The average molecular weight is 699 g/mol. The number of carbonyl (C=O) groups excluding carboxylic acids is 6. The van der Waals surface area contributed by atoms with Crippen LogP contribution >= 0.6 is 0 Å². The van der Waals surface area contributed by atoms with Crippen LogP contribution in [0.3, 0.4) is 0 Å². The van der Waals surface area contributed by atoms with Gasteiger partial charge in [0.1, 0.15) is 36.3 Å². The molecule has 2 aliphatic rings. The lowest BCUT2D eigenvalue weighted by atomic mass is 10.0. The number of amides is 6. The molecular formula is C29H50N10O10. The van der Waals surface area contributed by atoms with Crippen LogP contribution < -0.4 is 38.5 Å². The Morgan fingerprint density at radius 1 is 0.837 bits per heavy atom. The Morgan fingerprint density at radius 3 is 1.92 bits per heavy atom. The highest BCUT2D eigenvalue weighted by molar-refractivity contribution is 5.97. The summed E-state index contributed by atoms with van der Waals surface area (Å²) in [5.41, 5.74) is 16.3. The standard InChI is InChI=1S/C29H50N10O10/c1-15(2)22(28(48)49)37-21(42)12-34-24(44)19-7-4-10-38(19)26(46)17(6-3-9-33-29(31)32)35-25(45)20-8-5-11-39(20)27(47)18(14-41)36-23(43)16(30)13-40/h15-20,22,40-41H,3-14,30H2,1-2H3,(H,34,44)(H,35,45)(H,36,43)(H,37,42)(H,48,49)(H4,31,32,33)/t16-,17-,18-,19-,20-,22-/m0/s1. The number of aliphatic hydroxyl groups excluding tert-OH is 2. The van der Waals surface area contributed by atoms with Gasteiger partial charge in [-0.05, 0) is 44.4 Å². The third kappa shape index (κ3) is 11.8. The van der Waals surface area contributed by atoms with E-state index < -0.39 is 103 Å². The summed E-state index contributed by atoms with van der Waals surface area (Å²) in [7, 11) is 0. The summed E-state index contributed by atoms with van der Waals surface area (Å²) in [5, 5.41) is 38.0. The Kier molecular flexibility index (Phi) is 16.1. The van der Waals surface area contributed by atoms with E-state index in [1.807, 2.05) is 0 Å². The first-order chi connectivity index (χ1) is 23.1. The average Bonchev–Trinajstić information content (AvgIpc) is 3.75. The zero-order valence-corrected chi connectivity index (χ0v) is 27.8. The topological polar surface area (TPSA) is 325 Å². The van der Waals surface area contributed by atoms with Gasteiger partial charge in [0.25, 0.3) is 0 Å². The number of carbonyl (C=O) groups is 7. The van der Waals surface area contributed by atoms with Crippen molar-refractivity contribution in [3.63, 3.8) is 0 Å². The molecule has 2 heterocycles. The number of hydrogen-bond acceptors (Lipinski definition) is 11. The van der Waals surface area contributed by atoms with Crippen LogP contribution in [0, 0.1) is 5.92 Å². The normalized spacial score (nSPS) is 19.7. The van der Waals surface area contributed by atoms with Crippen LogP contribution in [0.2, 0.25) is 0 Å². The molecule has 0 unspecified atom stereocenters. The van der Waals surface area contributed by atoms with E-state index in [-0.39, 0.29) is 51.3 Å². The van der Waals surface area contributed by atoms with Crippen molar-refractivity contribution in [1.29, 1.82) is 0 Å². The molecule has 276 valence electrons. The van der Waals surface area contributed by atoms with Crippen molar-refractivity contribution in [1.82, 2.24) is 31.1 Å². The minimum Gasteiger partial charge on any atom is -0.480 e. The number of aliphatic imine (C=N–C) groups is 1. The fourth-order valence-electron chi connectivity index (χ4n) is 5.61. The third-order valence-corrected chi connectivity index (χ3v) is 8.24. The fraction of sp³-hybridized carbons (Fsp3) is 0.724. The third-order valence-electron chi connectivity index (χ3n) is 8.24. The first-order valence-corrected chi connectivity index (χ1v) is 16.2. The van der Waals surface area contributed by atoms with E-state index in [0.717, 1.165) is 0 Å². The maximum Gasteiger partial charge on any atom is 0.326 e. The largest absolute Gasteiger partial charge is 0.480 e.